The van der Waals surface area contributed by atoms with Gasteiger partial charge in [-0.3, -0.25) is 10.1 Å². The van der Waals surface area contributed by atoms with Gasteiger partial charge in [-0.15, -0.1) is 11.3 Å². The van der Waals surface area contributed by atoms with Crippen LogP contribution in [0.4, 0.5) is 5.69 Å². The molecule has 1 N–H and O–H groups in total. The van der Waals surface area contributed by atoms with E-state index in [2.05, 4.69) is 10.3 Å². The summed E-state index contributed by atoms with van der Waals surface area (Å²) >= 11 is 1.60. The summed E-state index contributed by atoms with van der Waals surface area (Å²) in [5.74, 6) is 0. The van der Waals surface area contributed by atoms with Gasteiger partial charge in [0.05, 0.1) is 16.1 Å². The Bertz CT molecular complexity index is 583. The molecule has 0 aliphatic carbocycles. The summed E-state index contributed by atoms with van der Waals surface area (Å²) in [5, 5.41) is 14.2. The smallest absolute Gasteiger partial charge is 0.273 e. The molecule has 1 aromatic heterocycles. The average Bonchev–Trinajstić information content (AvgIpc) is 2.82. The molecule has 5 nitrogen and oxygen atoms in total. The summed E-state index contributed by atoms with van der Waals surface area (Å²) < 4.78 is 0. The third kappa shape index (κ3) is 3.15. The molecule has 6 heteroatoms. The maximum Gasteiger partial charge on any atom is 0.273 e. The van der Waals surface area contributed by atoms with E-state index in [9.17, 15) is 10.1 Å². The molecule has 19 heavy (non-hydrogen) atoms. The first-order chi connectivity index (χ1) is 9.09. The quantitative estimate of drug-likeness (QED) is 0.673. The molecule has 2 rings (SSSR count). The van der Waals surface area contributed by atoms with Crippen molar-refractivity contribution in [3.8, 4) is 0 Å². The molecule has 0 spiro atoms. The number of nitrogens with one attached hydrogen (secondary N) is 1. The third-order valence-electron chi connectivity index (χ3n) is 2.96. The maximum atomic E-state index is 10.9. The minimum atomic E-state index is -0.348. The Kier molecular flexibility index (Phi) is 4.24. The van der Waals surface area contributed by atoms with Crippen molar-refractivity contribution in [3.63, 3.8) is 0 Å². The number of benzene rings is 1. The lowest BCUT2D eigenvalue weighted by atomic mass is 10.1. The van der Waals surface area contributed by atoms with Gasteiger partial charge in [0.25, 0.3) is 5.69 Å². The number of hydrogen-bond donors (Lipinski definition) is 1. The van der Waals surface area contributed by atoms with E-state index in [1.54, 1.807) is 23.5 Å². The third-order valence-corrected chi connectivity index (χ3v) is 4.08. The van der Waals surface area contributed by atoms with Crippen LogP contribution in [0.1, 0.15) is 29.1 Å². The SMILES string of the molecule is Cc1ncsc1C(C)NCc1ccccc1[N+](=O)[O-]. The van der Waals surface area contributed by atoms with Crippen molar-refractivity contribution >= 4 is 17.0 Å². The Balaban J connectivity index is 2.07. The largest absolute Gasteiger partial charge is 0.305 e. The van der Waals surface area contributed by atoms with E-state index in [-0.39, 0.29) is 16.7 Å². The van der Waals surface area contributed by atoms with E-state index in [1.807, 2.05) is 25.4 Å². The second-order valence-corrected chi connectivity index (χ2v) is 5.18. The number of rotatable bonds is 5. The van der Waals surface area contributed by atoms with E-state index in [4.69, 9.17) is 0 Å². The fourth-order valence-corrected chi connectivity index (χ4v) is 2.76. The molecule has 0 bridgehead atoms. The van der Waals surface area contributed by atoms with E-state index >= 15 is 0 Å². The zero-order valence-corrected chi connectivity index (χ0v) is 11.6. The van der Waals surface area contributed by atoms with Crippen molar-refractivity contribution < 1.29 is 4.92 Å². The summed E-state index contributed by atoms with van der Waals surface area (Å²) in [4.78, 5) is 15.9. The minimum absolute atomic E-state index is 0.132. The number of para-hydroxylation sites is 1. The minimum Gasteiger partial charge on any atom is -0.305 e. The molecule has 0 aliphatic rings. The molecule has 0 aliphatic heterocycles. The normalized spacial score (nSPS) is 12.3. The predicted molar refractivity (Wildman–Crippen MR) is 75.2 cm³/mol. The van der Waals surface area contributed by atoms with Gasteiger partial charge < -0.3 is 5.32 Å². The van der Waals surface area contributed by atoms with Crippen molar-refractivity contribution in [1.29, 1.82) is 0 Å². The molecule has 0 saturated heterocycles. The van der Waals surface area contributed by atoms with Crippen LogP contribution in [0.25, 0.3) is 0 Å². The second kappa shape index (κ2) is 5.90. The lowest BCUT2D eigenvalue weighted by Gasteiger charge is -2.12. The highest BCUT2D eigenvalue weighted by Crippen LogP contribution is 2.23. The Morgan fingerprint density at radius 2 is 2.21 bits per heavy atom. The molecule has 2 aromatic rings. The Morgan fingerprint density at radius 3 is 2.84 bits per heavy atom. The van der Waals surface area contributed by atoms with Crippen molar-refractivity contribution in [2.75, 3.05) is 0 Å². The van der Waals surface area contributed by atoms with Crippen LogP contribution in [0.5, 0.6) is 0 Å². The molecule has 1 aromatic carbocycles. The van der Waals surface area contributed by atoms with Gasteiger partial charge in [0.15, 0.2) is 0 Å². The van der Waals surface area contributed by atoms with Crippen LogP contribution >= 0.6 is 11.3 Å². The Morgan fingerprint density at radius 1 is 1.47 bits per heavy atom. The van der Waals surface area contributed by atoms with Gasteiger partial charge in [-0.25, -0.2) is 4.98 Å². The van der Waals surface area contributed by atoms with Crippen LogP contribution in [0.15, 0.2) is 29.8 Å². The topological polar surface area (TPSA) is 68.1 Å². The highest BCUT2D eigenvalue weighted by molar-refractivity contribution is 7.09. The molecular weight excluding hydrogens is 262 g/mol. The number of aromatic nitrogens is 1. The Labute approximate surface area is 115 Å². The summed E-state index contributed by atoms with van der Waals surface area (Å²) in [5.41, 5.74) is 3.67. The van der Waals surface area contributed by atoms with E-state index in [0.717, 1.165) is 5.69 Å². The fraction of sp³-hybridized carbons (Fsp3) is 0.308. The number of nitrogens with zero attached hydrogens (tertiary/aromatic N) is 2. The lowest BCUT2D eigenvalue weighted by Crippen LogP contribution is -2.18. The zero-order chi connectivity index (χ0) is 13.8. The van der Waals surface area contributed by atoms with Crippen molar-refractivity contribution in [3.05, 3.63) is 56.0 Å². The summed E-state index contributed by atoms with van der Waals surface area (Å²) in [7, 11) is 0. The molecule has 1 atom stereocenters. The number of nitro groups is 1. The van der Waals surface area contributed by atoms with Gasteiger partial charge in [0.1, 0.15) is 0 Å². The summed E-state index contributed by atoms with van der Waals surface area (Å²) in [6, 6.07) is 6.93. The lowest BCUT2D eigenvalue weighted by molar-refractivity contribution is -0.385. The first-order valence-corrected chi connectivity index (χ1v) is 6.83. The molecule has 0 radical (unpaired) electrons. The zero-order valence-electron chi connectivity index (χ0n) is 10.8. The van der Waals surface area contributed by atoms with E-state index in [0.29, 0.717) is 12.1 Å². The van der Waals surface area contributed by atoms with Gasteiger partial charge in [0.2, 0.25) is 0 Å². The van der Waals surface area contributed by atoms with Crippen LogP contribution in [-0.4, -0.2) is 9.91 Å². The van der Waals surface area contributed by atoms with Crippen molar-refractivity contribution in [2.45, 2.75) is 26.4 Å². The summed E-state index contributed by atoms with van der Waals surface area (Å²) in [6.07, 6.45) is 0. The second-order valence-electron chi connectivity index (χ2n) is 4.29. The number of nitro benzene ring substituents is 1. The van der Waals surface area contributed by atoms with Crippen LogP contribution in [0.3, 0.4) is 0 Å². The highest BCUT2D eigenvalue weighted by atomic mass is 32.1. The molecule has 0 saturated carbocycles. The summed E-state index contributed by atoms with van der Waals surface area (Å²) in [6.45, 7) is 4.47. The average molecular weight is 277 g/mol. The molecule has 0 amide bonds. The van der Waals surface area contributed by atoms with Gasteiger partial charge >= 0.3 is 0 Å². The van der Waals surface area contributed by atoms with Crippen molar-refractivity contribution in [2.24, 2.45) is 0 Å². The molecule has 0 fully saturated rings. The van der Waals surface area contributed by atoms with E-state index < -0.39 is 0 Å². The van der Waals surface area contributed by atoms with Crippen LogP contribution in [0.2, 0.25) is 0 Å². The fourth-order valence-electron chi connectivity index (χ4n) is 1.92. The molecular formula is C13H15N3O2S. The van der Waals surface area contributed by atoms with E-state index in [1.165, 1.54) is 10.9 Å². The molecule has 1 unspecified atom stereocenters. The number of thiazole rings is 1. The van der Waals surface area contributed by atoms with Gasteiger partial charge in [-0.05, 0) is 13.8 Å². The highest BCUT2D eigenvalue weighted by Gasteiger charge is 2.15. The van der Waals surface area contributed by atoms with Crippen LogP contribution < -0.4 is 5.32 Å². The molecule has 1 heterocycles. The van der Waals surface area contributed by atoms with Gasteiger partial charge in [-0.2, -0.15) is 0 Å². The Hall–Kier alpha value is -1.79. The van der Waals surface area contributed by atoms with Gasteiger partial charge in [-0.1, -0.05) is 18.2 Å². The number of hydrogen-bond acceptors (Lipinski definition) is 5. The maximum absolute atomic E-state index is 10.9. The molecule has 100 valence electrons. The van der Waals surface area contributed by atoms with Gasteiger partial charge in [0, 0.05) is 29.1 Å². The first kappa shape index (κ1) is 13.6. The standard InChI is InChI=1S/C13H15N3O2S/c1-9(13-10(2)15-8-19-13)14-7-11-5-3-4-6-12(11)16(17)18/h3-6,8-9,14H,7H2,1-2H3. The predicted octanol–water partition coefficient (Wildman–Crippen LogP) is 3.21. The van der Waals surface area contributed by atoms with Crippen molar-refractivity contribution in [1.82, 2.24) is 10.3 Å². The van der Waals surface area contributed by atoms with Crippen LogP contribution in [-0.2, 0) is 6.54 Å². The monoisotopic (exact) mass is 277 g/mol. The number of aryl methyl sites for hydroxylation is 1. The van der Waals surface area contributed by atoms with Crippen LogP contribution in [0, 0.1) is 17.0 Å². The first-order valence-electron chi connectivity index (χ1n) is 5.95.